The van der Waals surface area contributed by atoms with Gasteiger partial charge in [0.15, 0.2) is 0 Å². The number of nitro groups is 1. The fraction of sp³-hybridized carbons (Fsp3) is 0.278. The molecule has 1 heterocycles. The van der Waals surface area contributed by atoms with E-state index in [-0.39, 0.29) is 23.6 Å². The maximum absolute atomic E-state index is 12.9. The van der Waals surface area contributed by atoms with Gasteiger partial charge in [0.05, 0.1) is 15.6 Å². The lowest BCUT2D eigenvalue weighted by Gasteiger charge is -2.34. The highest BCUT2D eigenvalue weighted by Gasteiger charge is 2.23. The largest absolute Gasteiger partial charge is 0.370 e. The number of halogens is 2. The van der Waals surface area contributed by atoms with E-state index in [1.54, 1.807) is 6.07 Å². The van der Waals surface area contributed by atoms with Crippen molar-refractivity contribution in [2.75, 3.05) is 23.3 Å². The van der Waals surface area contributed by atoms with Crippen molar-refractivity contribution in [1.82, 2.24) is 5.32 Å². The van der Waals surface area contributed by atoms with Gasteiger partial charge in [0.2, 0.25) is 0 Å². The maximum atomic E-state index is 12.9. The number of hydrogen-bond donors (Lipinski definition) is 2. The van der Waals surface area contributed by atoms with Crippen LogP contribution in [0.5, 0.6) is 0 Å². The predicted octanol–water partition coefficient (Wildman–Crippen LogP) is 4.18. The van der Waals surface area contributed by atoms with E-state index in [1.165, 1.54) is 36.4 Å². The van der Waals surface area contributed by atoms with E-state index in [2.05, 4.69) is 10.6 Å². The predicted molar refractivity (Wildman–Crippen MR) is 102 cm³/mol. The van der Waals surface area contributed by atoms with Crippen LogP contribution < -0.4 is 15.5 Å². The van der Waals surface area contributed by atoms with Gasteiger partial charge in [0, 0.05) is 37.0 Å². The first-order chi connectivity index (χ1) is 12.9. The maximum Gasteiger partial charge on any atom is 0.319 e. The molecule has 2 aromatic carbocycles. The molecule has 2 N–H and O–H groups in total. The molecule has 1 saturated heterocycles. The number of carbonyl (C=O) groups is 1. The summed E-state index contributed by atoms with van der Waals surface area (Å²) in [5.41, 5.74) is 1.22. The molecular weight excluding hydrogens is 375 g/mol. The summed E-state index contributed by atoms with van der Waals surface area (Å²) in [7, 11) is 0. The zero-order valence-electron chi connectivity index (χ0n) is 14.3. The van der Waals surface area contributed by atoms with E-state index in [1.807, 2.05) is 4.90 Å². The molecule has 2 aromatic rings. The summed E-state index contributed by atoms with van der Waals surface area (Å²) < 4.78 is 12.9. The van der Waals surface area contributed by atoms with E-state index in [0.717, 1.165) is 5.69 Å². The topological polar surface area (TPSA) is 87.5 Å². The van der Waals surface area contributed by atoms with Crippen LogP contribution in [0.1, 0.15) is 12.8 Å². The molecular formula is C18H18ClFN4O3. The Hall–Kier alpha value is -2.87. The van der Waals surface area contributed by atoms with Crippen LogP contribution in [0.15, 0.2) is 42.5 Å². The number of carbonyl (C=O) groups excluding carboxylic acids is 1. The molecule has 7 nitrogen and oxygen atoms in total. The van der Waals surface area contributed by atoms with Crippen LogP contribution in [-0.4, -0.2) is 30.1 Å². The Kier molecular flexibility index (Phi) is 5.75. The van der Waals surface area contributed by atoms with Crippen molar-refractivity contribution in [2.45, 2.75) is 18.9 Å². The molecule has 1 fully saturated rings. The molecule has 27 heavy (non-hydrogen) atoms. The molecule has 0 bridgehead atoms. The van der Waals surface area contributed by atoms with Crippen LogP contribution in [0, 0.1) is 15.9 Å². The molecule has 0 spiro atoms. The Morgan fingerprint density at radius 1 is 1.19 bits per heavy atom. The Labute approximate surface area is 160 Å². The van der Waals surface area contributed by atoms with E-state index in [4.69, 9.17) is 11.6 Å². The number of nitrogens with zero attached hydrogens (tertiary/aromatic N) is 2. The lowest BCUT2D eigenvalue weighted by molar-refractivity contribution is -0.384. The van der Waals surface area contributed by atoms with E-state index < -0.39 is 4.92 Å². The first-order valence-corrected chi connectivity index (χ1v) is 8.82. The van der Waals surface area contributed by atoms with Crippen LogP contribution in [-0.2, 0) is 0 Å². The third-order valence-electron chi connectivity index (χ3n) is 4.42. The van der Waals surface area contributed by atoms with Crippen molar-refractivity contribution in [3.05, 3.63) is 63.4 Å². The van der Waals surface area contributed by atoms with E-state index in [0.29, 0.717) is 36.6 Å². The van der Waals surface area contributed by atoms with Crippen LogP contribution in [0.4, 0.5) is 26.2 Å². The molecule has 142 valence electrons. The van der Waals surface area contributed by atoms with Crippen LogP contribution in [0.3, 0.4) is 0 Å². The van der Waals surface area contributed by atoms with Gasteiger partial charge in [-0.3, -0.25) is 10.1 Å². The minimum absolute atomic E-state index is 0.00137. The van der Waals surface area contributed by atoms with Gasteiger partial charge in [-0.1, -0.05) is 11.6 Å². The summed E-state index contributed by atoms with van der Waals surface area (Å²) in [5, 5.41) is 16.7. The molecule has 0 atom stereocenters. The number of urea groups is 1. The van der Waals surface area contributed by atoms with Gasteiger partial charge in [-0.05, 0) is 43.2 Å². The number of hydrogen-bond acceptors (Lipinski definition) is 4. The van der Waals surface area contributed by atoms with E-state index >= 15 is 0 Å². The zero-order valence-corrected chi connectivity index (χ0v) is 15.1. The van der Waals surface area contributed by atoms with Crippen LogP contribution in [0.2, 0.25) is 5.02 Å². The lowest BCUT2D eigenvalue weighted by atomic mass is 10.0. The van der Waals surface area contributed by atoms with Gasteiger partial charge >= 0.3 is 6.03 Å². The van der Waals surface area contributed by atoms with Crippen molar-refractivity contribution in [3.63, 3.8) is 0 Å². The zero-order chi connectivity index (χ0) is 19.4. The van der Waals surface area contributed by atoms with Gasteiger partial charge in [-0.15, -0.1) is 0 Å². The second kappa shape index (κ2) is 8.22. The number of anilines is 2. The Balaban J connectivity index is 1.52. The molecule has 3 rings (SSSR count). The monoisotopic (exact) mass is 392 g/mol. The summed E-state index contributed by atoms with van der Waals surface area (Å²) >= 11 is 6.18. The van der Waals surface area contributed by atoms with Crippen LogP contribution in [0.25, 0.3) is 0 Å². The summed E-state index contributed by atoms with van der Waals surface area (Å²) in [4.78, 5) is 24.4. The highest BCUT2D eigenvalue weighted by Crippen LogP contribution is 2.31. The third kappa shape index (κ3) is 4.85. The van der Waals surface area contributed by atoms with Crippen molar-refractivity contribution >= 4 is 34.7 Å². The molecule has 0 aliphatic carbocycles. The van der Waals surface area contributed by atoms with Crippen molar-refractivity contribution < 1.29 is 14.1 Å². The average molecular weight is 393 g/mol. The minimum atomic E-state index is -0.481. The Morgan fingerprint density at radius 3 is 2.44 bits per heavy atom. The average Bonchev–Trinajstić information content (AvgIpc) is 2.64. The number of amides is 2. The standard InChI is InChI=1S/C18H18ClFN4O3/c19-16-11-15(24(26)27)5-6-17(16)23-9-7-14(8-10-23)22-18(25)21-13-3-1-12(20)2-4-13/h1-6,11,14H,7-10H2,(H2,21,22,25). The summed E-state index contributed by atoms with van der Waals surface area (Å²) in [6, 6.07) is 9.63. The highest BCUT2D eigenvalue weighted by atomic mass is 35.5. The number of non-ortho nitro benzene ring substituents is 1. The second-order valence-corrected chi connectivity index (χ2v) is 6.67. The normalized spacial score (nSPS) is 14.7. The molecule has 9 heteroatoms. The van der Waals surface area contributed by atoms with Gasteiger partial charge in [0.25, 0.3) is 5.69 Å². The quantitative estimate of drug-likeness (QED) is 0.603. The number of nitro benzene ring substituents is 1. The SMILES string of the molecule is O=C(Nc1ccc(F)cc1)NC1CCN(c2ccc([N+](=O)[O-])cc2Cl)CC1. The fourth-order valence-corrected chi connectivity index (χ4v) is 3.31. The summed E-state index contributed by atoms with van der Waals surface area (Å²) in [6.45, 7) is 1.33. The molecule has 2 amide bonds. The van der Waals surface area contributed by atoms with Crippen molar-refractivity contribution in [3.8, 4) is 0 Å². The number of benzene rings is 2. The molecule has 0 aromatic heterocycles. The highest BCUT2D eigenvalue weighted by molar-refractivity contribution is 6.33. The molecule has 1 aliphatic heterocycles. The molecule has 0 unspecified atom stereocenters. The number of piperidine rings is 1. The Bertz CT molecular complexity index is 839. The second-order valence-electron chi connectivity index (χ2n) is 6.26. The molecule has 0 radical (unpaired) electrons. The first-order valence-electron chi connectivity index (χ1n) is 8.44. The van der Waals surface area contributed by atoms with Crippen molar-refractivity contribution in [1.29, 1.82) is 0 Å². The van der Waals surface area contributed by atoms with Gasteiger partial charge in [-0.25, -0.2) is 9.18 Å². The van der Waals surface area contributed by atoms with Crippen molar-refractivity contribution in [2.24, 2.45) is 0 Å². The number of nitrogens with one attached hydrogen (secondary N) is 2. The smallest absolute Gasteiger partial charge is 0.319 e. The number of rotatable bonds is 4. The lowest BCUT2D eigenvalue weighted by Crippen LogP contribution is -2.46. The minimum Gasteiger partial charge on any atom is -0.370 e. The fourth-order valence-electron chi connectivity index (χ4n) is 3.02. The molecule has 0 saturated carbocycles. The summed E-state index contributed by atoms with van der Waals surface area (Å²) in [6.07, 6.45) is 1.42. The third-order valence-corrected chi connectivity index (χ3v) is 4.72. The van der Waals surface area contributed by atoms with Gasteiger partial charge < -0.3 is 15.5 Å². The van der Waals surface area contributed by atoms with Gasteiger partial charge in [-0.2, -0.15) is 0 Å². The first kappa shape index (κ1) is 18.9. The Morgan fingerprint density at radius 2 is 1.85 bits per heavy atom. The summed E-state index contributed by atoms with van der Waals surface area (Å²) in [5.74, 6) is -0.363. The van der Waals surface area contributed by atoms with Gasteiger partial charge in [0.1, 0.15) is 5.82 Å². The van der Waals surface area contributed by atoms with Crippen LogP contribution >= 0.6 is 11.6 Å². The molecule has 1 aliphatic rings. The van der Waals surface area contributed by atoms with E-state index in [9.17, 15) is 19.3 Å².